The second-order valence-corrected chi connectivity index (χ2v) is 10.3. The Morgan fingerprint density at radius 2 is 1.60 bits per heavy atom. The molecule has 0 aliphatic carbocycles. The Balaban J connectivity index is 0.00000484. The van der Waals surface area contributed by atoms with Gasteiger partial charge in [-0.25, -0.2) is 14.2 Å². The second kappa shape index (κ2) is 12.2. The first-order valence-electron chi connectivity index (χ1n) is 12.3. The van der Waals surface area contributed by atoms with E-state index in [2.05, 4.69) is 4.98 Å². The molecule has 1 saturated heterocycles. The maximum atomic E-state index is 14.7. The standard InChI is InChI=1S/C28H24ClF7N2O3.ClH/c1-13(2)19-10-20(23(40-4)11-21(19)30)18-5-6-24(29)37-22(18)12-38-14(3)25(41-26(38)39)15-7-16(27(31,32)33)9-17(8-15)28(34,35)36;/h5-11,13-14,25H,12H2,1-4H3;1H/t14-,25-;/m0./s1. The van der Waals surface area contributed by atoms with Gasteiger partial charge in [0.2, 0.25) is 0 Å². The molecule has 42 heavy (non-hydrogen) atoms. The highest BCUT2D eigenvalue weighted by Gasteiger charge is 2.43. The van der Waals surface area contributed by atoms with Gasteiger partial charge < -0.3 is 9.47 Å². The number of pyridine rings is 1. The number of rotatable bonds is 6. The van der Waals surface area contributed by atoms with Crippen molar-refractivity contribution in [3.8, 4) is 16.9 Å². The van der Waals surface area contributed by atoms with Crippen LogP contribution in [-0.4, -0.2) is 29.1 Å². The molecule has 1 fully saturated rings. The summed E-state index contributed by atoms with van der Waals surface area (Å²) in [4.78, 5) is 18.3. The van der Waals surface area contributed by atoms with Crippen molar-refractivity contribution >= 4 is 30.1 Å². The number of nitrogens with zero attached hydrogens (tertiary/aromatic N) is 2. The number of benzene rings is 2. The number of alkyl halides is 6. The summed E-state index contributed by atoms with van der Waals surface area (Å²) >= 11 is 6.14. The van der Waals surface area contributed by atoms with E-state index in [-0.39, 0.29) is 47.5 Å². The van der Waals surface area contributed by atoms with E-state index in [1.54, 1.807) is 26.0 Å². The number of hydrogen-bond donors (Lipinski definition) is 0. The largest absolute Gasteiger partial charge is 0.496 e. The molecule has 4 rings (SSSR count). The Morgan fingerprint density at radius 3 is 2.12 bits per heavy atom. The van der Waals surface area contributed by atoms with E-state index in [0.717, 1.165) is 4.90 Å². The number of amides is 1. The van der Waals surface area contributed by atoms with Crippen LogP contribution < -0.4 is 4.74 Å². The van der Waals surface area contributed by atoms with Crippen LogP contribution in [-0.2, 0) is 23.6 Å². The molecule has 0 spiro atoms. The maximum Gasteiger partial charge on any atom is 0.416 e. The van der Waals surface area contributed by atoms with Crippen LogP contribution in [0.1, 0.15) is 60.7 Å². The van der Waals surface area contributed by atoms with Crippen LogP contribution in [0.3, 0.4) is 0 Å². The van der Waals surface area contributed by atoms with E-state index in [0.29, 0.717) is 28.8 Å². The zero-order chi connectivity index (χ0) is 30.4. The predicted octanol–water partition coefficient (Wildman–Crippen LogP) is 9.21. The van der Waals surface area contributed by atoms with Gasteiger partial charge in [-0.1, -0.05) is 25.4 Å². The minimum Gasteiger partial charge on any atom is -0.496 e. The highest BCUT2D eigenvalue weighted by molar-refractivity contribution is 6.29. The second-order valence-electron chi connectivity index (χ2n) is 9.87. The van der Waals surface area contributed by atoms with Crippen molar-refractivity contribution in [2.75, 3.05) is 7.11 Å². The first kappa shape index (κ1) is 33.3. The first-order chi connectivity index (χ1) is 19.0. The topological polar surface area (TPSA) is 51.7 Å². The molecule has 2 heterocycles. The number of halogens is 9. The molecule has 2 atom stereocenters. The summed E-state index contributed by atoms with van der Waals surface area (Å²) in [5, 5.41) is 0.0541. The van der Waals surface area contributed by atoms with E-state index in [1.165, 1.54) is 26.2 Å². The average Bonchev–Trinajstić information content (AvgIpc) is 3.15. The van der Waals surface area contributed by atoms with Crippen molar-refractivity contribution in [2.45, 2.75) is 57.7 Å². The van der Waals surface area contributed by atoms with Gasteiger partial charge in [-0.2, -0.15) is 26.3 Å². The zero-order valence-corrected chi connectivity index (χ0v) is 24.1. The number of carbonyl (C=O) groups excluding carboxylic acids is 1. The Kier molecular flexibility index (Phi) is 9.63. The molecule has 1 aliphatic heterocycles. The third kappa shape index (κ3) is 6.70. The highest BCUT2D eigenvalue weighted by Crippen LogP contribution is 2.42. The van der Waals surface area contributed by atoms with E-state index in [1.807, 2.05) is 0 Å². The lowest BCUT2D eigenvalue weighted by molar-refractivity contribution is -0.143. The highest BCUT2D eigenvalue weighted by atomic mass is 35.5. The van der Waals surface area contributed by atoms with Crippen LogP contribution >= 0.6 is 24.0 Å². The van der Waals surface area contributed by atoms with E-state index >= 15 is 0 Å². The Labute approximate surface area is 248 Å². The van der Waals surface area contributed by atoms with Crippen LogP contribution in [0, 0.1) is 5.82 Å². The fraction of sp³-hybridized carbons (Fsp3) is 0.357. The molecule has 5 nitrogen and oxygen atoms in total. The van der Waals surface area contributed by atoms with Gasteiger partial charge in [-0.15, -0.1) is 12.4 Å². The lowest BCUT2D eigenvalue weighted by Gasteiger charge is -2.23. The molecule has 14 heteroatoms. The smallest absolute Gasteiger partial charge is 0.416 e. The van der Waals surface area contributed by atoms with Crippen molar-refractivity contribution in [3.63, 3.8) is 0 Å². The molecular formula is C28H25Cl2F7N2O3. The van der Waals surface area contributed by atoms with Crippen molar-refractivity contribution < 1.29 is 45.0 Å². The van der Waals surface area contributed by atoms with Gasteiger partial charge in [0, 0.05) is 17.2 Å². The van der Waals surface area contributed by atoms with Crippen LogP contribution in [0.15, 0.2) is 42.5 Å². The molecule has 0 saturated carbocycles. The van der Waals surface area contributed by atoms with Crippen LogP contribution in [0.4, 0.5) is 35.5 Å². The molecule has 1 aromatic heterocycles. The quantitative estimate of drug-likeness (QED) is 0.199. The van der Waals surface area contributed by atoms with Crippen molar-refractivity contribution in [1.29, 1.82) is 0 Å². The molecular weight excluding hydrogens is 616 g/mol. The minimum atomic E-state index is -5.07. The molecule has 3 aromatic rings. The number of methoxy groups -OCH3 is 1. The van der Waals surface area contributed by atoms with Gasteiger partial charge in [0.25, 0.3) is 0 Å². The lowest BCUT2D eigenvalue weighted by Crippen LogP contribution is -2.32. The zero-order valence-electron chi connectivity index (χ0n) is 22.5. The minimum absolute atomic E-state index is 0. The van der Waals surface area contributed by atoms with Crippen LogP contribution in [0.25, 0.3) is 11.1 Å². The van der Waals surface area contributed by atoms with E-state index in [4.69, 9.17) is 21.1 Å². The summed E-state index contributed by atoms with van der Waals surface area (Å²) in [5.74, 6) is -0.495. The third-order valence-corrected chi connectivity index (χ3v) is 7.03. The number of cyclic esters (lactones) is 1. The first-order valence-corrected chi connectivity index (χ1v) is 12.7. The van der Waals surface area contributed by atoms with Gasteiger partial charge in [0.1, 0.15) is 22.8 Å². The predicted molar refractivity (Wildman–Crippen MR) is 143 cm³/mol. The molecule has 2 aromatic carbocycles. The fourth-order valence-electron chi connectivity index (χ4n) is 4.70. The monoisotopic (exact) mass is 640 g/mol. The summed E-state index contributed by atoms with van der Waals surface area (Å²) < 4.78 is 106. The van der Waals surface area contributed by atoms with Crippen molar-refractivity contribution in [3.05, 3.63) is 81.4 Å². The van der Waals surface area contributed by atoms with Crippen molar-refractivity contribution in [1.82, 2.24) is 9.88 Å². The van der Waals surface area contributed by atoms with E-state index in [9.17, 15) is 35.5 Å². The van der Waals surface area contributed by atoms with Gasteiger partial charge in [0.05, 0.1) is 36.5 Å². The molecule has 1 amide bonds. The summed E-state index contributed by atoms with van der Waals surface area (Å²) in [5.41, 5.74) is -2.02. The molecule has 0 N–H and O–H groups in total. The Morgan fingerprint density at radius 1 is 1.00 bits per heavy atom. The number of ether oxygens (including phenoxy) is 2. The Bertz CT molecular complexity index is 1450. The average molecular weight is 641 g/mol. The molecule has 0 radical (unpaired) electrons. The number of carbonyl (C=O) groups is 1. The SMILES string of the molecule is COc1cc(F)c(C(C)C)cc1-c1ccc(Cl)nc1CN1C(=O)O[C@H](c2cc(C(F)(F)F)cc(C(F)(F)F)c2)[C@@H]1C.Cl. The molecule has 0 bridgehead atoms. The molecule has 228 valence electrons. The normalized spacial score (nSPS) is 17.4. The summed E-state index contributed by atoms with van der Waals surface area (Å²) in [7, 11) is 1.35. The van der Waals surface area contributed by atoms with Gasteiger partial charge in [-0.05, 0) is 60.4 Å². The van der Waals surface area contributed by atoms with Crippen molar-refractivity contribution in [2.24, 2.45) is 0 Å². The van der Waals surface area contributed by atoms with Crippen LogP contribution in [0.5, 0.6) is 5.75 Å². The fourth-order valence-corrected chi connectivity index (χ4v) is 4.86. The van der Waals surface area contributed by atoms with Gasteiger partial charge >= 0.3 is 18.4 Å². The Hall–Kier alpha value is -3.25. The summed E-state index contributed by atoms with van der Waals surface area (Å²) in [6.45, 7) is 4.77. The summed E-state index contributed by atoms with van der Waals surface area (Å²) in [6.07, 6.45) is -12.6. The number of hydrogen-bond acceptors (Lipinski definition) is 4. The molecule has 0 unspecified atom stereocenters. The van der Waals surface area contributed by atoms with Gasteiger partial charge in [-0.3, -0.25) is 4.90 Å². The molecule has 1 aliphatic rings. The van der Waals surface area contributed by atoms with E-state index < -0.39 is 53.1 Å². The van der Waals surface area contributed by atoms with Gasteiger partial charge in [0.15, 0.2) is 0 Å². The third-order valence-electron chi connectivity index (χ3n) is 6.82. The number of aromatic nitrogens is 1. The van der Waals surface area contributed by atoms with Crippen LogP contribution in [0.2, 0.25) is 5.15 Å². The maximum absolute atomic E-state index is 14.7. The lowest BCUT2D eigenvalue weighted by atomic mass is 9.94. The summed E-state index contributed by atoms with van der Waals surface area (Å²) in [6, 6.07) is 5.96.